The van der Waals surface area contributed by atoms with Gasteiger partial charge in [-0.3, -0.25) is 0 Å². The molecular formula is C12H8BrClO2S. The summed E-state index contributed by atoms with van der Waals surface area (Å²) in [5.41, 5.74) is 0. The van der Waals surface area contributed by atoms with Gasteiger partial charge in [-0.25, -0.2) is 8.42 Å². The first-order valence-electron chi connectivity index (χ1n) is 4.77. The zero-order valence-electron chi connectivity index (χ0n) is 8.60. The highest BCUT2D eigenvalue weighted by molar-refractivity contribution is 9.10. The fraction of sp³-hybridized carbons (Fsp3) is 0. The highest BCUT2D eigenvalue weighted by Gasteiger charge is 2.19. The van der Waals surface area contributed by atoms with Crippen molar-refractivity contribution in [1.82, 2.24) is 0 Å². The lowest BCUT2D eigenvalue weighted by Crippen LogP contribution is -2.02. The Bertz CT molecular complexity index is 636. The van der Waals surface area contributed by atoms with Gasteiger partial charge in [0.1, 0.15) is 0 Å². The fourth-order valence-corrected chi connectivity index (χ4v) is 3.78. The predicted molar refractivity (Wildman–Crippen MR) is 71.0 cm³/mol. The summed E-state index contributed by atoms with van der Waals surface area (Å²) in [5, 5.41) is 0.510. The summed E-state index contributed by atoms with van der Waals surface area (Å²) in [5.74, 6) is 0. The van der Waals surface area contributed by atoms with E-state index in [0.29, 0.717) is 9.50 Å². The third-order valence-electron chi connectivity index (χ3n) is 2.25. The summed E-state index contributed by atoms with van der Waals surface area (Å²) < 4.78 is 25.1. The predicted octanol–water partition coefficient (Wildman–Crippen LogP) is 3.94. The first kappa shape index (κ1) is 12.6. The van der Waals surface area contributed by atoms with Crippen molar-refractivity contribution in [3.63, 3.8) is 0 Å². The molecule has 0 saturated heterocycles. The van der Waals surface area contributed by atoms with Gasteiger partial charge in [-0.2, -0.15) is 0 Å². The molecule has 2 aromatic rings. The van der Waals surface area contributed by atoms with Crippen LogP contribution in [0.2, 0.25) is 5.02 Å². The molecule has 0 N–H and O–H groups in total. The number of hydrogen-bond acceptors (Lipinski definition) is 2. The summed E-state index contributed by atoms with van der Waals surface area (Å²) in [7, 11) is -3.49. The molecule has 5 heteroatoms. The standard InChI is InChI=1S/C12H8BrClO2S/c13-11-3-1-2-4-12(11)17(15,16)10-7-5-9(14)6-8-10/h1-8H. The molecule has 2 rings (SSSR count). The largest absolute Gasteiger partial charge is 0.218 e. The molecule has 0 heterocycles. The molecular weight excluding hydrogens is 324 g/mol. The van der Waals surface area contributed by atoms with Crippen LogP contribution in [-0.4, -0.2) is 8.42 Å². The summed E-state index contributed by atoms with van der Waals surface area (Å²) in [6.45, 7) is 0. The van der Waals surface area contributed by atoms with Crippen molar-refractivity contribution in [3.05, 3.63) is 58.0 Å². The Kier molecular flexibility index (Phi) is 3.56. The van der Waals surface area contributed by atoms with Gasteiger partial charge in [0.05, 0.1) is 9.79 Å². The van der Waals surface area contributed by atoms with Crippen LogP contribution in [0.4, 0.5) is 0 Å². The Hall–Kier alpha value is -0.840. The first-order valence-corrected chi connectivity index (χ1v) is 7.42. The Balaban J connectivity index is 2.58. The van der Waals surface area contributed by atoms with Gasteiger partial charge in [0.25, 0.3) is 0 Å². The fourth-order valence-electron chi connectivity index (χ4n) is 1.40. The van der Waals surface area contributed by atoms with E-state index in [1.165, 1.54) is 12.1 Å². The maximum atomic E-state index is 12.3. The molecule has 0 bridgehead atoms. The second kappa shape index (κ2) is 4.80. The Labute approximate surface area is 113 Å². The first-order chi connectivity index (χ1) is 8.01. The number of sulfone groups is 1. The van der Waals surface area contributed by atoms with Gasteiger partial charge in [-0.05, 0) is 52.3 Å². The van der Waals surface area contributed by atoms with Gasteiger partial charge in [0.15, 0.2) is 0 Å². The van der Waals surface area contributed by atoms with Gasteiger partial charge in [-0.15, -0.1) is 0 Å². The maximum Gasteiger partial charge on any atom is 0.207 e. The van der Waals surface area contributed by atoms with E-state index in [9.17, 15) is 8.42 Å². The molecule has 0 unspecified atom stereocenters. The van der Waals surface area contributed by atoms with Crippen molar-refractivity contribution in [2.45, 2.75) is 9.79 Å². The topological polar surface area (TPSA) is 34.1 Å². The van der Waals surface area contributed by atoms with E-state index in [0.717, 1.165) is 0 Å². The summed E-state index contributed by atoms with van der Waals surface area (Å²) in [6.07, 6.45) is 0. The van der Waals surface area contributed by atoms with Crippen LogP contribution < -0.4 is 0 Å². The van der Waals surface area contributed by atoms with Gasteiger partial charge in [0.2, 0.25) is 9.84 Å². The summed E-state index contributed by atoms with van der Waals surface area (Å²) >= 11 is 8.97. The number of halogens is 2. The molecule has 0 spiro atoms. The minimum atomic E-state index is -3.49. The number of benzene rings is 2. The molecule has 0 aliphatic carbocycles. The van der Waals surface area contributed by atoms with Crippen LogP contribution in [0.5, 0.6) is 0 Å². The lowest BCUT2D eigenvalue weighted by atomic mass is 10.4. The van der Waals surface area contributed by atoms with Gasteiger partial charge in [0, 0.05) is 9.50 Å². The molecule has 0 atom stereocenters. The van der Waals surface area contributed by atoms with E-state index in [-0.39, 0.29) is 9.79 Å². The van der Waals surface area contributed by atoms with Crippen molar-refractivity contribution in [3.8, 4) is 0 Å². The van der Waals surface area contributed by atoms with Crippen LogP contribution in [0.15, 0.2) is 62.8 Å². The molecule has 17 heavy (non-hydrogen) atoms. The van der Waals surface area contributed by atoms with E-state index >= 15 is 0 Å². The lowest BCUT2D eigenvalue weighted by molar-refractivity contribution is 0.595. The van der Waals surface area contributed by atoms with Crippen molar-refractivity contribution in [1.29, 1.82) is 0 Å². The molecule has 0 aliphatic heterocycles. The third-order valence-corrected chi connectivity index (χ3v) is 5.28. The quantitative estimate of drug-likeness (QED) is 0.835. The number of rotatable bonds is 2. The van der Waals surface area contributed by atoms with E-state index in [1.807, 2.05) is 0 Å². The third kappa shape index (κ3) is 2.54. The molecule has 0 amide bonds. The zero-order chi connectivity index (χ0) is 12.5. The SMILES string of the molecule is O=S(=O)(c1ccc(Cl)cc1)c1ccccc1Br. The lowest BCUT2D eigenvalue weighted by Gasteiger charge is -2.06. The highest BCUT2D eigenvalue weighted by atomic mass is 79.9. The van der Waals surface area contributed by atoms with Crippen LogP contribution in [0.1, 0.15) is 0 Å². The monoisotopic (exact) mass is 330 g/mol. The average molecular weight is 332 g/mol. The van der Waals surface area contributed by atoms with Crippen LogP contribution in [-0.2, 0) is 9.84 Å². The van der Waals surface area contributed by atoms with E-state index in [1.54, 1.807) is 36.4 Å². The molecule has 0 radical (unpaired) electrons. The van der Waals surface area contributed by atoms with Crippen LogP contribution in [0.25, 0.3) is 0 Å². The normalized spacial score (nSPS) is 11.4. The molecule has 2 nitrogen and oxygen atoms in total. The highest BCUT2D eigenvalue weighted by Crippen LogP contribution is 2.28. The Morgan fingerprint density at radius 1 is 0.941 bits per heavy atom. The van der Waals surface area contributed by atoms with E-state index in [2.05, 4.69) is 15.9 Å². The molecule has 0 aliphatic rings. The Morgan fingerprint density at radius 3 is 2.12 bits per heavy atom. The van der Waals surface area contributed by atoms with Crippen LogP contribution in [0, 0.1) is 0 Å². The van der Waals surface area contributed by atoms with Crippen LogP contribution >= 0.6 is 27.5 Å². The number of hydrogen-bond donors (Lipinski definition) is 0. The smallest absolute Gasteiger partial charge is 0.207 e. The van der Waals surface area contributed by atoms with Crippen molar-refractivity contribution >= 4 is 37.4 Å². The summed E-state index contributed by atoms with van der Waals surface area (Å²) in [4.78, 5) is 0.483. The zero-order valence-corrected chi connectivity index (χ0v) is 11.8. The van der Waals surface area contributed by atoms with Crippen molar-refractivity contribution in [2.24, 2.45) is 0 Å². The van der Waals surface area contributed by atoms with Crippen LogP contribution in [0.3, 0.4) is 0 Å². The van der Waals surface area contributed by atoms with Gasteiger partial charge >= 0.3 is 0 Å². The molecule has 88 valence electrons. The van der Waals surface area contributed by atoms with E-state index < -0.39 is 9.84 Å². The second-order valence-corrected chi connectivity index (χ2v) is 6.60. The summed E-state index contributed by atoms with van der Waals surface area (Å²) in [6, 6.07) is 12.8. The van der Waals surface area contributed by atoms with Gasteiger partial charge < -0.3 is 0 Å². The molecule has 0 saturated carbocycles. The second-order valence-electron chi connectivity index (χ2n) is 3.39. The molecule has 0 fully saturated rings. The van der Waals surface area contributed by atoms with Crippen molar-refractivity contribution < 1.29 is 8.42 Å². The maximum absolute atomic E-state index is 12.3. The Morgan fingerprint density at radius 2 is 1.53 bits per heavy atom. The van der Waals surface area contributed by atoms with Crippen molar-refractivity contribution in [2.75, 3.05) is 0 Å². The van der Waals surface area contributed by atoms with E-state index in [4.69, 9.17) is 11.6 Å². The van der Waals surface area contributed by atoms with Gasteiger partial charge in [-0.1, -0.05) is 23.7 Å². The molecule has 0 aromatic heterocycles. The minimum Gasteiger partial charge on any atom is -0.218 e. The molecule has 2 aromatic carbocycles. The minimum absolute atomic E-state index is 0.230. The average Bonchev–Trinajstić information content (AvgIpc) is 2.30.